The summed E-state index contributed by atoms with van der Waals surface area (Å²) >= 11 is 14.7. The number of rotatable bonds is 3. The Morgan fingerprint density at radius 1 is 1.69 bits per heavy atom. The Morgan fingerprint density at radius 3 is 2.92 bits per heavy atom. The molecule has 1 aromatic heterocycles. The van der Waals surface area contributed by atoms with Crippen LogP contribution in [0.2, 0.25) is 5.02 Å². The molecule has 0 bridgehead atoms. The first-order chi connectivity index (χ1) is 6.09. The summed E-state index contributed by atoms with van der Waals surface area (Å²) in [6.45, 7) is 3.99. The molecular weight excluding hydrogens is 275 g/mol. The van der Waals surface area contributed by atoms with Gasteiger partial charge in [-0.3, -0.25) is 0 Å². The van der Waals surface area contributed by atoms with Gasteiger partial charge in [-0.1, -0.05) is 29.8 Å². The maximum atomic E-state index is 5.89. The minimum atomic E-state index is 0.454. The van der Waals surface area contributed by atoms with Crippen LogP contribution in [-0.4, -0.2) is 11.5 Å². The maximum absolute atomic E-state index is 5.89. The van der Waals surface area contributed by atoms with E-state index in [-0.39, 0.29) is 0 Å². The van der Waals surface area contributed by atoms with E-state index >= 15 is 0 Å². The summed E-state index contributed by atoms with van der Waals surface area (Å²) in [4.78, 5) is 4.06. The molecule has 0 atom stereocenters. The number of pyridine rings is 1. The van der Waals surface area contributed by atoms with Crippen LogP contribution in [0.25, 0.3) is 0 Å². The molecule has 0 aliphatic carbocycles. The van der Waals surface area contributed by atoms with Crippen molar-refractivity contribution in [2.75, 3.05) is 11.9 Å². The van der Waals surface area contributed by atoms with E-state index in [1.165, 1.54) is 0 Å². The Bertz CT molecular complexity index is 328. The zero-order valence-corrected chi connectivity index (χ0v) is 9.75. The maximum Gasteiger partial charge on any atom is 0.145 e. The molecule has 13 heavy (non-hydrogen) atoms. The molecule has 0 saturated carbocycles. The van der Waals surface area contributed by atoms with Crippen LogP contribution in [0.3, 0.4) is 0 Å². The molecule has 0 aliphatic heterocycles. The van der Waals surface area contributed by atoms with Gasteiger partial charge in [-0.2, -0.15) is 0 Å². The molecule has 5 heteroatoms. The van der Waals surface area contributed by atoms with Gasteiger partial charge in [-0.05, 0) is 22.0 Å². The second-order valence-electron chi connectivity index (χ2n) is 2.35. The zero-order valence-electron chi connectivity index (χ0n) is 6.65. The predicted octanol–water partition coefficient (Wildman–Crippen LogP) is 3.66. The standard InChI is InChI=1S/C8H7BrCl2N2/c1-5(10)3-12-8-7(11)2-6(9)4-13-8/h2,4H,1,3H2,(H,12,13). The van der Waals surface area contributed by atoms with Crippen LogP contribution in [-0.2, 0) is 0 Å². The van der Waals surface area contributed by atoms with E-state index in [9.17, 15) is 0 Å². The van der Waals surface area contributed by atoms with Gasteiger partial charge < -0.3 is 5.32 Å². The molecule has 2 nitrogen and oxygen atoms in total. The van der Waals surface area contributed by atoms with E-state index in [0.717, 1.165) is 4.47 Å². The van der Waals surface area contributed by atoms with E-state index in [1.807, 2.05) is 0 Å². The van der Waals surface area contributed by atoms with E-state index in [4.69, 9.17) is 23.2 Å². The highest BCUT2D eigenvalue weighted by molar-refractivity contribution is 9.10. The van der Waals surface area contributed by atoms with Gasteiger partial charge in [0.2, 0.25) is 0 Å². The monoisotopic (exact) mass is 280 g/mol. The predicted molar refractivity (Wildman–Crippen MR) is 60.4 cm³/mol. The normalized spacial score (nSPS) is 9.77. The zero-order chi connectivity index (χ0) is 9.84. The molecule has 0 radical (unpaired) electrons. The van der Waals surface area contributed by atoms with Crippen LogP contribution in [0.5, 0.6) is 0 Å². The van der Waals surface area contributed by atoms with Gasteiger partial charge in [0, 0.05) is 15.7 Å². The average molecular weight is 282 g/mol. The Labute approximate surface area is 95.1 Å². The number of hydrogen-bond acceptors (Lipinski definition) is 2. The van der Waals surface area contributed by atoms with Crippen molar-refractivity contribution in [2.45, 2.75) is 0 Å². The number of hydrogen-bond donors (Lipinski definition) is 1. The third-order valence-corrected chi connectivity index (χ3v) is 2.11. The lowest BCUT2D eigenvalue weighted by molar-refractivity contribution is 1.21. The highest BCUT2D eigenvalue weighted by atomic mass is 79.9. The molecule has 1 rings (SSSR count). The van der Waals surface area contributed by atoms with Gasteiger partial charge in [0.1, 0.15) is 5.82 Å². The summed E-state index contributed by atoms with van der Waals surface area (Å²) in [6.07, 6.45) is 1.66. The molecule has 0 amide bonds. The smallest absolute Gasteiger partial charge is 0.145 e. The molecule has 0 aliphatic rings. The minimum Gasteiger partial charge on any atom is -0.364 e. The molecule has 1 aromatic rings. The third-order valence-electron chi connectivity index (χ3n) is 1.26. The molecule has 1 heterocycles. The lowest BCUT2D eigenvalue weighted by Crippen LogP contribution is -2.03. The molecule has 0 saturated heterocycles. The van der Waals surface area contributed by atoms with E-state index in [0.29, 0.717) is 22.4 Å². The van der Waals surface area contributed by atoms with Gasteiger partial charge >= 0.3 is 0 Å². The Hall–Kier alpha value is -0.250. The first-order valence-electron chi connectivity index (χ1n) is 3.48. The lowest BCUT2D eigenvalue weighted by atomic mass is 10.4. The topological polar surface area (TPSA) is 24.9 Å². The van der Waals surface area contributed by atoms with Gasteiger partial charge in [-0.15, -0.1) is 0 Å². The number of aromatic nitrogens is 1. The van der Waals surface area contributed by atoms with Gasteiger partial charge in [0.05, 0.1) is 11.6 Å². The lowest BCUT2D eigenvalue weighted by Gasteiger charge is -2.05. The van der Waals surface area contributed by atoms with Crippen molar-refractivity contribution in [1.82, 2.24) is 4.98 Å². The van der Waals surface area contributed by atoms with Crippen molar-refractivity contribution in [1.29, 1.82) is 0 Å². The third kappa shape index (κ3) is 3.55. The number of anilines is 1. The van der Waals surface area contributed by atoms with E-state index in [2.05, 4.69) is 32.8 Å². The van der Waals surface area contributed by atoms with Gasteiger partial charge in [0.15, 0.2) is 0 Å². The van der Waals surface area contributed by atoms with Crippen LogP contribution in [0.15, 0.2) is 28.3 Å². The molecule has 1 N–H and O–H groups in total. The highest BCUT2D eigenvalue weighted by Crippen LogP contribution is 2.22. The van der Waals surface area contributed by atoms with E-state index < -0.39 is 0 Å². The van der Waals surface area contributed by atoms with Crippen molar-refractivity contribution < 1.29 is 0 Å². The highest BCUT2D eigenvalue weighted by Gasteiger charge is 2.01. The summed E-state index contributed by atoms with van der Waals surface area (Å²) in [7, 11) is 0. The molecular formula is C8H7BrCl2N2. The van der Waals surface area contributed by atoms with E-state index in [1.54, 1.807) is 12.3 Å². The van der Waals surface area contributed by atoms with Crippen LogP contribution in [0, 0.1) is 0 Å². The first kappa shape index (κ1) is 10.8. The van der Waals surface area contributed by atoms with Crippen molar-refractivity contribution in [3.05, 3.63) is 33.4 Å². The van der Waals surface area contributed by atoms with Crippen LogP contribution >= 0.6 is 39.1 Å². The SMILES string of the molecule is C=C(Cl)CNc1ncc(Br)cc1Cl. The van der Waals surface area contributed by atoms with Crippen LogP contribution in [0.4, 0.5) is 5.82 Å². The van der Waals surface area contributed by atoms with Gasteiger partial charge in [-0.25, -0.2) is 4.98 Å². The molecule has 0 spiro atoms. The quantitative estimate of drug-likeness (QED) is 0.915. The summed E-state index contributed by atoms with van der Waals surface area (Å²) in [5.41, 5.74) is 0. The van der Waals surface area contributed by atoms with Crippen molar-refractivity contribution in [3.63, 3.8) is 0 Å². The average Bonchev–Trinajstić information content (AvgIpc) is 2.02. The van der Waals surface area contributed by atoms with Gasteiger partial charge in [0.25, 0.3) is 0 Å². The van der Waals surface area contributed by atoms with Crippen LogP contribution < -0.4 is 5.32 Å². The Balaban J connectivity index is 2.72. The van der Waals surface area contributed by atoms with Crippen LogP contribution in [0.1, 0.15) is 0 Å². The Morgan fingerprint density at radius 2 is 2.38 bits per heavy atom. The fourth-order valence-corrected chi connectivity index (χ4v) is 1.49. The fraction of sp³-hybridized carbons (Fsp3) is 0.125. The number of nitrogens with one attached hydrogen (secondary N) is 1. The molecule has 0 unspecified atom stereocenters. The number of halogens is 3. The second kappa shape index (κ2) is 4.84. The summed E-state index contributed by atoms with van der Waals surface area (Å²) in [5, 5.41) is 4.01. The largest absolute Gasteiger partial charge is 0.364 e. The Kier molecular flexibility index (Phi) is 4.03. The number of nitrogens with zero attached hydrogens (tertiary/aromatic N) is 1. The fourth-order valence-electron chi connectivity index (χ4n) is 0.724. The van der Waals surface area contributed by atoms with Crippen molar-refractivity contribution in [3.8, 4) is 0 Å². The second-order valence-corrected chi connectivity index (χ2v) is 4.21. The minimum absolute atomic E-state index is 0.454. The van der Waals surface area contributed by atoms with Crippen molar-refractivity contribution in [2.24, 2.45) is 0 Å². The molecule has 0 fully saturated rings. The summed E-state index contributed by atoms with van der Waals surface area (Å²) < 4.78 is 0.841. The molecule has 70 valence electrons. The molecule has 0 aromatic carbocycles. The van der Waals surface area contributed by atoms with Crippen molar-refractivity contribution >= 4 is 44.9 Å². The summed E-state index contributed by atoms with van der Waals surface area (Å²) in [6, 6.07) is 1.76. The first-order valence-corrected chi connectivity index (χ1v) is 5.02. The summed E-state index contributed by atoms with van der Waals surface area (Å²) in [5.74, 6) is 0.603.